The highest BCUT2D eigenvalue weighted by Gasteiger charge is 2.11. The van der Waals surface area contributed by atoms with Crippen LogP contribution in [0.1, 0.15) is 15.9 Å². The van der Waals surface area contributed by atoms with Crippen LogP contribution in [-0.4, -0.2) is 18.2 Å². The lowest BCUT2D eigenvalue weighted by Gasteiger charge is -2.11. The Morgan fingerprint density at radius 3 is 2.57 bits per heavy atom. The van der Waals surface area contributed by atoms with Crippen LogP contribution in [0.2, 0.25) is 5.02 Å². The maximum Gasteiger partial charge on any atom is 0.337 e. The smallest absolute Gasteiger partial charge is 0.337 e. The Kier molecular flexibility index (Phi) is 4.31. The van der Waals surface area contributed by atoms with Crippen molar-refractivity contribution in [3.63, 3.8) is 0 Å². The van der Waals surface area contributed by atoms with Gasteiger partial charge in [0.2, 0.25) is 0 Å². The summed E-state index contributed by atoms with van der Waals surface area (Å²) >= 11 is 5.88. The summed E-state index contributed by atoms with van der Waals surface area (Å²) in [5.41, 5.74) is 0.439. The molecular formula is C15H10ClNO4. The Hall–Kier alpha value is -2.71. The van der Waals surface area contributed by atoms with Gasteiger partial charge in [-0.15, -0.1) is 0 Å². The topological polar surface area (TPSA) is 79.5 Å². The van der Waals surface area contributed by atoms with E-state index >= 15 is 0 Å². The van der Waals surface area contributed by atoms with Gasteiger partial charge in [0, 0.05) is 12.1 Å². The van der Waals surface area contributed by atoms with Gasteiger partial charge >= 0.3 is 5.97 Å². The first-order valence-electron chi connectivity index (χ1n) is 5.84. The molecule has 0 atom stereocenters. The molecule has 0 saturated heterocycles. The van der Waals surface area contributed by atoms with Crippen molar-refractivity contribution < 1.29 is 19.4 Å². The average Bonchev–Trinajstić information content (AvgIpc) is 2.47. The standard InChI is InChI=1S/C15H10ClNO4/c1-20-14-6-9(8-17)2-5-13(14)21-10-3-4-11(15(18)19)12(16)7-10/h2-7H,1H3,(H,18,19). The second-order valence-electron chi connectivity index (χ2n) is 4.03. The summed E-state index contributed by atoms with van der Waals surface area (Å²) < 4.78 is 10.8. The summed E-state index contributed by atoms with van der Waals surface area (Å²) in [6.07, 6.45) is 0. The molecule has 0 unspecified atom stereocenters. The van der Waals surface area contributed by atoms with Crippen molar-refractivity contribution in [2.45, 2.75) is 0 Å². The van der Waals surface area contributed by atoms with E-state index in [9.17, 15) is 4.79 Å². The number of methoxy groups -OCH3 is 1. The fourth-order valence-corrected chi connectivity index (χ4v) is 1.93. The fourth-order valence-electron chi connectivity index (χ4n) is 1.68. The van der Waals surface area contributed by atoms with E-state index < -0.39 is 5.97 Å². The van der Waals surface area contributed by atoms with Gasteiger partial charge in [0.05, 0.1) is 29.3 Å². The quantitative estimate of drug-likeness (QED) is 0.931. The molecule has 1 N–H and O–H groups in total. The van der Waals surface area contributed by atoms with Gasteiger partial charge in [-0.2, -0.15) is 5.26 Å². The molecular weight excluding hydrogens is 294 g/mol. The summed E-state index contributed by atoms with van der Waals surface area (Å²) in [5.74, 6) is 0.0543. The summed E-state index contributed by atoms with van der Waals surface area (Å²) in [7, 11) is 1.46. The van der Waals surface area contributed by atoms with Crippen LogP contribution in [-0.2, 0) is 0 Å². The van der Waals surface area contributed by atoms with Crippen LogP contribution < -0.4 is 9.47 Å². The number of aromatic carboxylic acids is 1. The van der Waals surface area contributed by atoms with E-state index in [0.717, 1.165) is 0 Å². The minimum atomic E-state index is -1.11. The maximum absolute atomic E-state index is 10.9. The Balaban J connectivity index is 2.32. The van der Waals surface area contributed by atoms with Gasteiger partial charge < -0.3 is 14.6 Å². The zero-order chi connectivity index (χ0) is 15.4. The molecule has 6 heteroatoms. The summed E-state index contributed by atoms with van der Waals surface area (Å²) in [6, 6.07) is 11.0. The van der Waals surface area contributed by atoms with E-state index in [1.54, 1.807) is 18.2 Å². The summed E-state index contributed by atoms with van der Waals surface area (Å²) in [6.45, 7) is 0. The average molecular weight is 304 g/mol. The molecule has 0 fully saturated rings. The molecule has 0 aliphatic heterocycles. The van der Waals surface area contributed by atoms with E-state index in [2.05, 4.69) is 0 Å². The number of ether oxygens (including phenoxy) is 2. The number of carbonyl (C=O) groups is 1. The first-order valence-corrected chi connectivity index (χ1v) is 6.21. The van der Waals surface area contributed by atoms with Gasteiger partial charge in [-0.05, 0) is 24.3 Å². The highest BCUT2D eigenvalue weighted by molar-refractivity contribution is 6.33. The fraction of sp³-hybridized carbons (Fsp3) is 0.0667. The zero-order valence-corrected chi connectivity index (χ0v) is 11.7. The van der Waals surface area contributed by atoms with Crippen LogP contribution in [0, 0.1) is 11.3 Å². The minimum absolute atomic E-state index is 0.00388. The van der Waals surface area contributed by atoms with E-state index in [0.29, 0.717) is 22.8 Å². The highest BCUT2D eigenvalue weighted by atomic mass is 35.5. The zero-order valence-electron chi connectivity index (χ0n) is 11.0. The first-order chi connectivity index (χ1) is 10.0. The lowest BCUT2D eigenvalue weighted by Crippen LogP contribution is -1.97. The molecule has 2 aromatic rings. The Morgan fingerprint density at radius 1 is 1.24 bits per heavy atom. The molecule has 2 aromatic carbocycles. The number of hydrogen-bond donors (Lipinski definition) is 1. The predicted molar refractivity (Wildman–Crippen MR) is 76.2 cm³/mol. The number of carboxylic acids is 1. The van der Waals surface area contributed by atoms with Gasteiger partial charge in [0.25, 0.3) is 0 Å². The van der Waals surface area contributed by atoms with Crippen LogP contribution in [0.15, 0.2) is 36.4 Å². The van der Waals surface area contributed by atoms with E-state index in [1.807, 2.05) is 6.07 Å². The molecule has 106 valence electrons. The summed E-state index contributed by atoms with van der Waals surface area (Å²) in [5, 5.41) is 17.8. The SMILES string of the molecule is COc1cc(C#N)ccc1Oc1ccc(C(=O)O)c(Cl)c1. The Labute approximate surface area is 125 Å². The molecule has 5 nitrogen and oxygen atoms in total. The van der Waals surface area contributed by atoms with E-state index in [-0.39, 0.29) is 10.6 Å². The minimum Gasteiger partial charge on any atom is -0.493 e. The van der Waals surface area contributed by atoms with Crippen LogP contribution in [0.5, 0.6) is 17.2 Å². The molecule has 21 heavy (non-hydrogen) atoms. The van der Waals surface area contributed by atoms with Gasteiger partial charge in [-0.25, -0.2) is 4.79 Å². The predicted octanol–water partition coefficient (Wildman–Crippen LogP) is 3.71. The van der Waals surface area contributed by atoms with Gasteiger partial charge in [-0.3, -0.25) is 0 Å². The molecule has 0 aliphatic rings. The van der Waals surface area contributed by atoms with Crippen molar-refractivity contribution >= 4 is 17.6 Å². The van der Waals surface area contributed by atoms with Gasteiger partial charge in [-0.1, -0.05) is 11.6 Å². The third-order valence-corrected chi connectivity index (χ3v) is 3.00. The third-order valence-electron chi connectivity index (χ3n) is 2.69. The first kappa shape index (κ1) is 14.7. The molecule has 0 heterocycles. The van der Waals surface area contributed by atoms with Gasteiger partial charge in [0.15, 0.2) is 11.5 Å². The number of nitriles is 1. The van der Waals surface area contributed by atoms with E-state index in [1.165, 1.54) is 25.3 Å². The monoisotopic (exact) mass is 303 g/mol. The highest BCUT2D eigenvalue weighted by Crippen LogP contribution is 2.33. The van der Waals surface area contributed by atoms with Crippen molar-refractivity contribution in [2.24, 2.45) is 0 Å². The number of carboxylic acid groups (broad SMARTS) is 1. The van der Waals surface area contributed by atoms with Crippen molar-refractivity contribution in [1.29, 1.82) is 5.26 Å². The lowest BCUT2D eigenvalue weighted by molar-refractivity contribution is 0.0697. The molecule has 0 spiro atoms. The summed E-state index contributed by atoms with van der Waals surface area (Å²) in [4.78, 5) is 10.9. The van der Waals surface area contributed by atoms with Crippen LogP contribution in [0.4, 0.5) is 0 Å². The van der Waals surface area contributed by atoms with Crippen LogP contribution in [0.25, 0.3) is 0 Å². The molecule has 0 radical (unpaired) electrons. The van der Waals surface area contributed by atoms with Crippen molar-refractivity contribution in [1.82, 2.24) is 0 Å². The maximum atomic E-state index is 10.9. The number of rotatable bonds is 4. The lowest BCUT2D eigenvalue weighted by atomic mass is 10.2. The van der Waals surface area contributed by atoms with E-state index in [4.69, 9.17) is 31.4 Å². The largest absolute Gasteiger partial charge is 0.493 e. The Morgan fingerprint density at radius 2 is 2.00 bits per heavy atom. The number of hydrogen-bond acceptors (Lipinski definition) is 4. The van der Waals surface area contributed by atoms with Crippen LogP contribution >= 0.6 is 11.6 Å². The second kappa shape index (κ2) is 6.16. The number of halogens is 1. The number of nitrogens with zero attached hydrogens (tertiary/aromatic N) is 1. The molecule has 2 rings (SSSR count). The molecule has 0 aliphatic carbocycles. The van der Waals surface area contributed by atoms with Gasteiger partial charge in [0.1, 0.15) is 5.75 Å². The molecule has 0 bridgehead atoms. The van der Waals surface area contributed by atoms with Crippen molar-refractivity contribution in [3.05, 3.63) is 52.5 Å². The van der Waals surface area contributed by atoms with Crippen molar-refractivity contribution in [3.8, 4) is 23.3 Å². The normalized spacial score (nSPS) is 9.76. The van der Waals surface area contributed by atoms with Crippen molar-refractivity contribution in [2.75, 3.05) is 7.11 Å². The molecule has 0 aromatic heterocycles. The number of benzene rings is 2. The van der Waals surface area contributed by atoms with Crippen LogP contribution in [0.3, 0.4) is 0 Å². The third kappa shape index (κ3) is 3.25. The molecule has 0 saturated carbocycles. The Bertz CT molecular complexity index is 737. The second-order valence-corrected chi connectivity index (χ2v) is 4.43. The molecule has 0 amide bonds.